The van der Waals surface area contributed by atoms with Crippen LogP contribution < -0.4 is 10.2 Å². The summed E-state index contributed by atoms with van der Waals surface area (Å²) in [5.74, 6) is -3.71. The number of amides is 3. The number of esters is 1. The van der Waals surface area contributed by atoms with Gasteiger partial charge in [0.2, 0.25) is 11.8 Å². The van der Waals surface area contributed by atoms with Crippen molar-refractivity contribution in [3.63, 3.8) is 0 Å². The van der Waals surface area contributed by atoms with E-state index >= 15 is 0 Å². The van der Waals surface area contributed by atoms with Gasteiger partial charge in [0.15, 0.2) is 6.61 Å². The Morgan fingerprint density at radius 1 is 0.786 bits per heavy atom. The SMILES string of the molecule is Cc1ccc(NC(=O)COC(=O)c2ccccc2N2C(=O)[C@H]3C4c5ccccc5C(c5ccccc54)[C@@H]3C2=O)cc1Cl. The predicted molar refractivity (Wildman–Crippen MR) is 158 cm³/mol. The molecule has 1 N–H and O–H groups in total. The Balaban J connectivity index is 1.17. The third-order valence-corrected chi connectivity index (χ3v) is 9.01. The quantitative estimate of drug-likeness (QED) is 0.238. The van der Waals surface area contributed by atoms with Crippen LogP contribution in [-0.2, 0) is 19.1 Å². The highest BCUT2D eigenvalue weighted by Crippen LogP contribution is 2.61. The molecule has 0 spiro atoms. The lowest BCUT2D eigenvalue weighted by Gasteiger charge is -2.45. The molecule has 1 aliphatic heterocycles. The van der Waals surface area contributed by atoms with Crippen molar-refractivity contribution < 1.29 is 23.9 Å². The Kier molecular flexibility index (Phi) is 6.21. The first-order chi connectivity index (χ1) is 20.3. The maximum atomic E-state index is 14.1. The Labute approximate surface area is 247 Å². The second kappa shape index (κ2) is 9.96. The van der Waals surface area contributed by atoms with E-state index in [2.05, 4.69) is 5.32 Å². The average Bonchev–Trinajstić information content (AvgIpc) is 3.27. The number of nitrogens with zero attached hydrogens (tertiary/aromatic N) is 1. The maximum Gasteiger partial charge on any atom is 0.340 e. The molecule has 8 heteroatoms. The van der Waals surface area contributed by atoms with Crippen LogP contribution in [-0.4, -0.2) is 30.3 Å². The molecule has 4 aromatic rings. The van der Waals surface area contributed by atoms with Gasteiger partial charge in [-0.25, -0.2) is 9.69 Å². The van der Waals surface area contributed by atoms with E-state index < -0.39 is 30.3 Å². The van der Waals surface area contributed by atoms with E-state index in [0.717, 1.165) is 32.7 Å². The summed E-state index contributed by atoms with van der Waals surface area (Å²) in [5, 5.41) is 3.15. The predicted octanol–water partition coefficient (Wildman–Crippen LogP) is 5.84. The van der Waals surface area contributed by atoms with Crippen LogP contribution in [0.5, 0.6) is 0 Å². The van der Waals surface area contributed by atoms with Gasteiger partial charge >= 0.3 is 5.97 Å². The van der Waals surface area contributed by atoms with Gasteiger partial charge in [-0.2, -0.15) is 0 Å². The molecule has 0 radical (unpaired) electrons. The lowest BCUT2D eigenvalue weighted by Crippen LogP contribution is -2.41. The largest absolute Gasteiger partial charge is 0.452 e. The number of imide groups is 1. The zero-order valence-electron chi connectivity index (χ0n) is 22.5. The minimum Gasteiger partial charge on any atom is -0.452 e. The number of hydrogen-bond donors (Lipinski definition) is 1. The first-order valence-corrected chi connectivity index (χ1v) is 14.1. The maximum absolute atomic E-state index is 14.1. The third-order valence-electron chi connectivity index (χ3n) is 8.60. The number of carbonyl (C=O) groups excluding carboxylic acids is 4. The summed E-state index contributed by atoms with van der Waals surface area (Å²) in [5.41, 5.74) is 5.80. The number of para-hydroxylation sites is 1. The molecule has 1 saturated heterocycles. The summed E-state index contributed by atoms with van der Waals surface area (Å²) in [6, 6.07) is 27.5. The second-order valence-electron chi connectivity index (χ2n) is 10.9. The molecule has 2 atom stereocenters. The van der Waals surface area contributed by atoms with Crippen LogP contribution >= 0.6 is 11.6 Å². The molecule has 4 aromatic carbocycles. The number of halogens is 1. The highest BCUT2D eigenvalue weighted by Gasteiger charge is 2.62. The van der Waals surface area contributed by atoms with Gasteiger partial charge in [0, 0.05) is 22.5 Å². The topological polar surface area (TPSA) is 92.8 Å². The van der Waals surface area contributed by atoms with Crippen LogP contribution in [0.15, 0.2) is 91.0 Å². The normalized spacial score (nSPS) is 21.4. The van der Waals surface area contributed by atoms with Crippen LogP contribution in [0.2, 0.25) is 5.02 Å². The van der Waals surface area contributed by atoms with Crippen molar-refractivity contribution in [2.75, 3.05) is 16.8 Å². The average molecular weight is 577 g/mol. The molecule has 2 bridgehead atoms. The van der Waals surface area contributed by atoms with E-state index in [9.17, 15) is 19.2 Å². The van der Waals surface area contributed by atoms with Gasteiger partial charge in [0.05, 0.1) is 23.1 Å². The fourth-order valence-electron chi connectivity index (χ4n) is 6.83. The van der Waals surface area contributed by atoms with Crippen molar-refractivity contribution >= 4 is 46.7 Å². The summed E-state index contributed by atoms with van der Waals surface area (Å²) < 4.78 is 5.33. The molecule has 0 aromatic heterocycles. The zero-order chi connectivity index (χ0) is 29.1. The molecule has 1 heterocycles. The fraction of sp³-hybridized carbons (Fsp3) is 0.176. The van der Waals surface area contributed by atoms with Crippen LogP contribution in [0.1, 0.15) is 50.0 Å². The van der Waals surface area contributed by atoms with E-state index in [0.29, 0.717) is 10.7 Å². The molecule has 3 amide bonds. The summed E-state index contributed by atoms with van der Waals surface area (Å²) in [6.45, 7) is 1.29. The highest BCUT2D eigenvalue weighted by molar-refractivity contribution is 6.31. The third kappa shape index (κ3) is 3.96. The van der Waals surface area contributed by atoms with Gasteiger partial charge in [-0.15, -0.1) is 0 Å². The van der Waals surface area contributed by atoms with E-state index in [1.54, 1.807) is 36.4 Å². The Hall–Kier alpha value is -4.75. The van der Waals surface area contributed by atoms with Crippen LogP contribution in [0.25, 0.3) is 0 Å². The van der Waals surface area contributed by atoms with Crippen LogP contribution in [0.4, 0.5) is 11.4 Å². The number of anilines is 2. The lowest BCUT2D eigenvalue weighted by atomic mass is 9.55. The summed E-state index contributed by atoms with van der Waals surface area (Å²) in [7, 11) is 0. The summed E-state index contributed by atoms with van der Waals surface area (Å²) in [6.07, 6.45) is 0. The van der Waals surface area contributed by atoms with Gasteiger partial charge < -0.3 is 10.1 Å². The Morgan fingerprint density at radius 3 is 1.86 bits per heavy atom. The molecule has 4 aliphatic rings. The molecule has 3 aliphatic carbocycles. The van der Waals surface area contributed by atoms with E-state index in [-0.39, 0.29) is 34.9 Å². The summed E-state index contributed by atoms with van der Waals surface area (Å²) >= 11 is 6.13. The number of hydrogen-bond acceptors (Lipinski definition) is 5. The monoisotopic (exact) mass is 576 g/mol. The van der Waals surface area contributed by atoms with Crippen molar-refractivity contribution in [3.8, 4) is 0 Å². The molecule has 0 unspecified atom stereocenters. The number of benzene rings is 4. The van der Waals surface area contributed by atoms with Gasteiger partial charge in [-0.3, -0.25) is 14.4 Å². The van der Waals surface area contributed by atoms with Crippen molar-refractivity contribution in [2.24, 2.45) is 11.8 Å². The fourth-order valence-corrected chi connectivity index (χ4v) is 7.01. The lowest BCUT2D eigenvalue weighted by molar-refractivity contribution is -0.122. The van der Waals surface area contributed by atoms with Crippen molar-refractivity contribution in [3.05, 3.63) is 129 Å². The Morgan fingerprint density at radius 2 is 1.31 bits per heavy atom. The smallest absolute Gasteiger partial charge is 0.340 e. The number of aryl methyl sites for hydroxylation is 1. The second-order valence-corrected chi connectivity index (χ2v) is 11.3. The van der Waals surface area contributed by atoms with Crippen LogP contribution in [0, 0.1) is 18.8 Å². The first-order valence-electron chi connectivity index (χ1n) is 13.7. The summed E-state index contributed by atoms with van der Waals surface area (Å²) in [4.78, 5) is 55.2. The molecule has 1 fully saturated rings. The number of nitrogens with one attached hydrogen (secondary N) is 1. The zero-order valence-corrected chi connectivity index (χ0v) is 23.3. The van der Waals surface area contributed by atoms with Crippen molar-refractivity contribution in [1.82, 2.24) is 0 Å². The standard InChI is InChI=1S/C34H25ClN2O5/c1-18-14-15-19(16-25(18)35)36-27(38)17-42-34(41)24-12-6-7-13-26(24)37-32(39)30-28-20-8-2-3-9-21(20)29(31(30)33(37)40)23-11-5-4-10-22(23)28/h2-16,28-31H,17H2,1H3,(H,36,38)/t28?,29?,30-,31-/m0/s1. The molecular formula is C34H25ClN2O5. The van der Waals surface area contributed by atoms with E-state index in [1.807, 2.05) is 55.5 Å². The minimum absolute atomic E-state index is 0.0337. The van der Waals surface area contributed by atoms with Crippen molar-refractivity contribution in [2.45, 2.75) is 18.8 Å². The molecule has 0 saturated carbocycles. The van der Waals surface area contributed by atoms with Crippen LogP contribution in [0.3, 0.4) is 0 Å². The van der Waals surface area contributed by atoms with Crippen molar-refractivity contribution in [1.29, 1.82) is 0 Å². The molecule has 8 rings (SSSR count). The van der Waals surface area contributed by atoms with Gasteiger partial charge in [0.25, 0.3) is 5.91 Å². The minimum atomic E-state index is -0.812. The molecular weight excluding hydrogens is 552 g/mol. The van der Waals surface area contributed by atoms with Gasteiger partial charge in [-0.1, -0.05) is 78.3 Å². The number of carbonyl (C=O) groups is 4. The van der Waals surface area contributed by atoms with Gasteiger partial charge in [0.1, 0.15) is 0 Å². The molecule has 7 nitrogen and oxygen atoms in total. The molecule has 208 valence electrons. The van der Waals surface area contributed by atoms with E-state index in [1.165, 1.54) is 6.07 Å². The number of rotatable bonds is 5. The first kappa shape index (κ1) is 26.2. The van der Waals surface area contributed by atoms with E-state index in [4.69, 9.17) is 16.3 Å². The highest BCUT2D eigenvalue weighted by atomic mass is 35.5. The Bertz CT molecular complexity index is 1700. The molecule has 42 heavy (non-hydrogen) atoms. The van der Waals surface area contributed by atoms with Gasteiger partial charge in [-0.05, 0) is 59.0 Å². The number of ether oxygens (including phenoxy) is 1.